The minimum Gasteiger partial charge on any atom is -0.443 e. The Labute approximate surface area is 234 Å². The molecule has 0 radical (unpaired) electrons. The summed E-state index contributed by atoms with van der Waals surface area (Å²) in [6.45, 7) is 2.38. The molecule has 7 nitrogen and oxygen atoms in total. The van der Waals surface area contributed by atoms with Crippen molar-refractivity contribution in [3.8, 4) is 0 Å². The minimum absolute atomic E-state index is 0.0545. The van der Waals surface area contributed by atoms with Crippen LogP contribution in [0.5, 0.6) is 0 Å². The maximum Gasteiger partial charge on any atom is 0.431 e. The van der Waals surface area contributed by atoms with Crippen LogP contribution in [0, 0.1) is 0 Å². The van der Waals surface area contributed by atoms with E-state index in [0.717, 1.165) is 35.4 Å². The third-order valence-corrected chi connectivity index (χ3v) is 7.29. The largest absolute Gasteiger partial charge is 0.443 e. The number of carbonyl (C=O) groups is 2. The number of carbonyl (C=O) groups excluding carboxylic acids is 2. The Kier molecular flexibility index (Phi) is 13.7. The summed E-state index contributed by atoms with van der Waals surface area (Å²) in [7, 11) is 0. The number of rotatable bonds is 15. The predicted molar refractivity (Wildman–Crippen MR) is 152 cm³/mol. The Morgan fingerprint density at radius 3 is 1.67 bits per heavy atom. The Balaban J connectivity index is 1.57. The van der Waals surface area contributed by atoms with E-state index in [4.69, 9.17) is 9.47 Å². The van der Waals surface area contributed by atoms with Gasteiger partial charge in [-0.25, -0.2) is 14.6 Å². The topological polar surface area (TPSA) is 79.3 Å². The highest BCUT2D eigenvalue weighted by atomic mass is 16.6. The van der Waals surface area contributed by atoms with Crippen molar-refractivity contribution >= 4 is 12.2 Å². The number of aliphatic hydroxyl groups is 1. The van der Waals surface area contributed by atoms with E-state index in [1.807, 2.05) is 60.7 Å². The first-order valence-corrected chi connectivity index (χ1v) is 14.8. The quantitative estimate of drug-likeness (QED) is 0.233. The zero-order chi connectivity index (χ0) is 27.7. The molecule has 1 saturated heterocycles. The Morgan fingerprint density at radius 1 is 0.692 bits per heavy atom. The first-order chi connectivity index (χ1) is 19.1. The van der Waals surface area contributed by atoms with Crippen LogP contribution in [0.2, 0.25) is 0 Å². The highest BCUT2D eigenvalue weighted by Crippen LogP contribution is 2.28. The molecule has 1 aliphatic heterocycles. The molecule has 2 aromatic rings. The highest BCUT2D eigenvalue weighted by molar-refractivity contribution is 5.75. The summed E-state index contributed by atoms with van der Waals surface area (Å²) in [5, 5.41) is 13.1. The number of hydrogen-bond donors (Lipinski definition) is 1. The average Bonchev–Trinajstić information content (AvgIpc) is 2.97. The lowest BCUT2D eigenvalue weighted by molar-refractivity contribution is -0.157. The lowest BCUT2D eigenvalue weighted by Gasteiger charge is -2.44. The molecule has 0 bridgehead atoms. The molecule has 1 unspecified atom stereocenters. The summed E-state index contributed by atoms with van der Waals surface area (Å²) in [5.74, 6) is 0. The first-order valence-electron chi connectivity index (χ1n) is 14.8. The zero-order valence-corrected chi connectivity index (χ0v) is 23.5. The van der Waals surface area contributed by atoms with E-state index in [9.17, 15) is 14.7 Å². The van der Waals surface area contributed by atoms with Crippen molar-refractivity contribution in [2.24, 2.45) is 0 Å². The van der Waals surface area contributed by atoms with Gasteiger partial charge in [0.05, 0.1) is 6.04 Å². The van der Waals surface area contributed by atoms with E-state index in [0.29, 0.717) is 12.8 Å². The van der Waals surface area contributed by atoms with E-state index in [-0.39, 0.29) is 19.3 Å². The van der Waals surface area contributed by atoms with Crippen LogP contribution in [0.1, 0.15) is 102 Å². The van der Waals surface area contributed by atoms with E-state index < -0.39 is 18.4 Å². The SMILES string of the molecule is CCCCCCCCCCCC[C@H]1CCC(O)N(C(=O)OCc2ccccc2)N1C(=O)OCc1ccccc1. The van der Waals surface area contributed by atoms with Crippen molar-refractivity contribution in [3.63, 3.8) is 0 Å². The van der Waals surface area contributed by atoms with Crippen molar-refractivity contribution in [2.45, 2.75) is 116 Å². The second-order valence-electron chi connectivity index (χ2n) is 10.5. The van der Waals surface area contributed by atoms with Crippen LogP contribution in [0.4, 0.5) is 9.59 Å². The Hall–Kier alpha value is -3.06. The molecule has 3 rings (SSSR count). The number of benzene rings is 2. The molecule has 1 heterocycles. The zero-order valence-electron chi connectivity index (χ0n) is 23.5. The molecular formula is C32H46N2O5. The monoisotopic (exact) mass is 538 g/mol. The molecule has 1 fully saturated rings. The lowest BCUT2D eigenvalue weighted by atomic mass is 9.99. The van der Waals surface area contributed by atoms with Crippen LogP contribution >= 0.6 is 0 Å². The molecular weight excluding hydrogens is 492 g/mol. The van der Waals surface area contributed by atoms with Gasteiger partial charge in [0.2, 0.25) is 0 Å². The number of hydrogen-bond acceptors (Lipinski definition) is 5. The molecule has 0 spiro atoms. The second kappa shape index (κ2) is 17.5. The van der Waals surface area contributed by atoms with Gasteiger partial charge in [0.25, 0.3) is 0 Å². The van der Waals surface area contributed by atoms with Crippen LogP contribution in [-0.2, 0) is 22.7 Å². The molecule has 7 heteroatoms. The summed E-state index contributed by atoms with van der Waals surface area (Å²) in [6, 6.07) is 18.5. The third kappa shape index (κ3) is 10.6. The number of nitrogens with zero attached hydrogens (tertiary/aromatic N) is 2. The normalized spacial score (nSPS) is 17.2. The predicted octanol–water partition coefficient (Wildman–Crippen LogP) is 7.97. The van der Waals surface area contributed by atoms with Gasteiger partial charge >= 0.3 is 12.2 Å². The average molecular weight is 539 g/mol. The highest BCUT2D eigenvalue weighted by Gasteiger charge is 2.42. The molecule has 2 atom stereocenters. The summed E-state index contributed by atoms with van der Waals surface area (Å²) in [5.41, 5.74) is 1.69. The number of ether oxygens (including phenoxy) is 2. The number of amides is 2. The second-order valence-corrected chi connectivity index (χ2v) is 10.5. The number of unbranched alkanes of at least 4 members (excludes halogenated alkanes) is 9. The fourth-order valence-corrected chi connectivity index (χ4v) is 5.06. The van der Waals surface area contributed by atoms with Crippen LogP contribution in [-0.4, -0.2) is 39.6 Å². The molecule has 0 saturated carbocycles. The van der Waals surface area contributed by atoms with Crippen LogP contribution in [0.3, 0.4) is 0 Å². The van der Waals surface area contributed by atoms with Crippen LogP contribution in [0.25, 0.3) is 0 Å². The molecule has 39 heavy (non-hydrogen) atoms. The van der Waals surface area contributed by atoms with Gasteiger partial charge in [-0.2, -0.15) is 5.01 Å². The smallest absolute Gasteiger partial charge is 0.431 e. The van der Waals surface area contributed by atoms with Gasteiger partial charge in [0, 0.05) is 0 Å². The summed E-state index contributed by atoms with van der Waals surface area (Å²) in [4.78, 5) is 26.5. The molecule has 0 aromatic heterocycles. The molecule has 1 aliphatic rings. The number of aliphatic hydroxyl groups excluding tert-OH is 1. The van der Waals surface area contributed by atoms with Crippen LogP contribution < -0.4 is 0 Å². The van der Waals surface area contributed by atoms with Gasteiger partial charge in [-0.3, -0.25) is 0 Å². The summed E-state index contributed by atoms with van der Waals surface area (Å²) < 4.78 is 11.1. The van der Waals surface area contributed by atoms with Gasteiger partial charge in [0.1, 0.15) is 13.2 Å². The standard InChI is InChI=1S/C32H46N2O5/c1-2-3-4-5-6-7-8-9-10-17-22-29-23-24-30(35)34(32(37)39-26-28-20-15-12-16-21-28)33(29)31(36)38-25-27-18-13-11-14-19-27/h11-16,18-21,29-30,35H,2-10,17,22-26H2,1H3/t29-,30?/m0/s1. The van der Waals surface area contributed by atoms with Crippen molar-refractivity contribution in [2.75, 3.05) is 0 Å². The van der Waals surface area contributed by atoms with E-state index in [2.05, 4.69) is 6.92 Å². The van der Waals surface area contributed by atoms with Gasteiger partial charge in [-0.1, -0.05) is 132 Å². The minimum atomic E-state index is -1.15. The van der Waals surface area contributed by atoms with Gasteiger partial charge < -0.3 is 14.6 Å². The Bertz CT molecular complexity index is 956. The molecule has 2 amide bonds. The maximum absolute atomic E-state index is 13.3. The lowest BCUT2D eigenvalue weighted by Crippen LogP contribution is -2.61. The summed E-state index contributed by atoms with van der Waals surface area (Å²) in [6.07, 6.45) is 11.5. The summed E-state index contributed by atoms with van der Waals surface area (Å²) >= 11 is 0. The van der Waals surface area contributed by atoms with Crippen molar-refractivity contribution in [3.05, 3.63) is 71.8 Å². The van der Waals surface area contributed by atoms with Gasteiger partial charge in [0.15, 0.2) is 6.23 Å². The van der Waals surface area contributed by atoms with Crippen molar-refractivity contribution in [1.29, 1.82) is 0 Å². The van der Waals surface area contributed by atoms with E-state index in [1.54, 1.807) is 0 Å². The van der Waals surface area contributed by atoms with Crippen molar-refractivity contribution in [1.82, 2.24) is 10.0 Å². The first kappa shape index (κ1) is 30.5. The number of hydrazine groups is 1. The van der Waals surface area contributed by atoms with Crippen molar-refractivity contribution < 1.29 is 24.2 Å². The molecule has 2 aromatic carbocycles. The van der Waals surface area contributed by atoms with E-state index >= 15 is 0 Å². The van der Waals surface area contributed by atoms with Gasteiger partial charge in [-0.15, -0.1) is 0 Å². The fraction of sp³-hybridized carbons (Fsp3) is 0.562. The van der Waals surface area contributed by atoms with Gasteiger partial charge in [-0.05, 0) is 30.4 Å². The maximum atomic E-state index is 13.3. The molecule has 0 aliphatic carbocycles. The fourth-order valence-electron chi connectivity index (χ4n) is 5.06. The third-order valence-electron chi connectivity index (χ3n) is 7.29. The van der Waals surface area contributed by atoms with Crippen LogP contribution in [0.15, 0.2) is 60.7 Å². The van der Waals surface area contributed by atoms with E-state index in [1.165, 1.54) is 56.4 Å². The molecule has 1 N–H and O–H groups in total. The Morgan fingerprint density at radius 2 is 1.15 bits per heavy atom. The molecule has 214 valence electrons.